The lowest BCUT2D eigenvalue weighted by atomic mass is 10.7. The molecule has 0 amide bonds. The van der Waals surface area contributed by atoms with Crippen LogP contribution in [0.3, 0.4) is 0 Å². The van der Waals surface area contributed by atoms with Gasteiger partial charge in [-0.05, 0) is 4.57 Å². The summed E-state index contributed by atoms with van der Waals surface area (Å²) >= 11 is 0. The normalized spacial score (nSPS) is 10.7. The minimum absolute atomic E-state index is 0.256. The van der Waals surface area contributed by atoms with Crippen LogP contribution in [0.2, 0.25) is 0 Å². The molecule has 0 aromatic heterocycles. The summed E-state index contributed by atoms with van der Waals surface area (Å²) in [5.74, 6) is 0. The van der Waals surface area contributed by atoms with Crippen LogP contribution in [-0.4, -0.2) is 6.61 Å². The van der Waals surface area contributed by atoms with Gasteiger partial charge in [-0.3, -0.25) is 0 Å². The van der Waals surface area contributed by atoms with Crippen LogP contribution in [0.4, 0.5) is 0 Å². The van der Waals surface area contributed by atoms with E-state index in [0.29, 0.717) is 0 Å². The van der Waals surface area contributed by atoms with Gasteiger partial charge >= 0.3 is 8.18 Å². The van der Waals surface area contributed by atoms with Gasteiger partial charge < -0.3 is 0 Å². The van der Waals surface area contributed by atoms with Crippen molar-refractivity contribution in [1.82, 2.24) is 0 Å². The van der Waals surface area contributed by atoms with Crippen molar-refractivity contribution < 1.29 is 9.09 Å². The molecular weight excluding hydrogens is 113 g/mol. The van der Waals surface area contributed by atoms with Gasteiger partial charge in [0.2, 0.25) is 0 Å². The maximum absolute atomic E-state index is 9.86. The highest BCUT2D eigenvalue weighted by molar-refractivity contribution is 7.36. The fraction of sp³-hybridized carbons (Fsp3) is 0.333. The van der Waals surface area contributed by atoms with E-state index in [1.807, 2.05) is 0 Å². The van der Waals surface area contributed by atoms with E-state index in [4.69, 9.17) is 5.50 Å². The molecule has 0 saturated carbocycles. The third kappa shape index (κ3) is 5.76. The second-order valence-corrected chi connectivity index (χ2v) is 1.70. The maximum Gasteiger partial charge on any atom is 0.610 e. The second kappa shape index (κ2) is 3.93. The largest absolute Gasteiger partial charge is 0.610 e. The molecule has 0 aliphatic heterocycles. The van der Waals surface area contributed by atoms with Crippen LogP contribution in [0.15, 0.2) is 12.7 Å². The van der Waals surface area contributed by atoms with E-state index < -0.39 is 8.18 Å². The average Bonchev–Trinajstić information content (AvgIpc) is 1.61. The zero-order chi connectivity index (χ0) is 5.70. The third-order valence-electron chi connectivity index (χ3n) is 0.320. The van der Waals surface area contributed by atoms with Crippen LogP contribution in [-0.2, 0) is 9.09 Å². The summed E-state index contributed by atoms with van der Waals surface area (Å²) in [6, 6.07) is 0. The first-order valence-corrected chi connectivity index (χ1v) is 2.98. The molecular formula is C3H7NO2P+. The van der Waals surface area contributed by atoms with Crippen molar-refractivity contribution in [2.75, 3.05) is 6.61 Å². The number of nitrogens with two attached hydrogens (primary N) is 1. The molecule has 2 N–H and O–H groups in total. The Kier molecular flexibility index (Phi) is 3.80. The summed E-state index contributed by atoms with van der Waals surface area (Å²) in [5, 5.41) is 0. The summed E-state index contributed by atoms with van der Waals surface area (Å²) in [6.07, 6.45) is 1.49. The second-order valence-electron chi connectivity index (χ2n) is 0.870. The topological polar surface area (TPSA) is 52.3 Å². The monoisotopic (exact) mass is 120 g/mol. The maximum atomic E-state index is 9.86. The Morgan fingerprint density at radius 1 is 2.00 bits per heavy atom. The van der Waals surface area contributed by atoms with Crippen molar-refractivity contribution in [1.29, 1.82) is 0 Å². The Morgan fingerprint density at radius 3 is 2.71 bits per heavy atom. The first-order valence-electron chi connectivity index (χ1n) is 1.73. The molecule has 40 valence electrons. The van der Waals surface area contributed by atoms with Gasteiger partial charge in [0, 0.05) is 0 Å². The van der Waals surface area contributed by atoms with Crippen LogP contribution in [0.5, 0.6) is 0 Å². The summed E-state index contributed by atoms with van der Waals surface area (Å²) in [7, 11) is -1.93. The van der Waals surface area contributed by atoms with Crippen LogP contribution in [0.25, 0.3) is 0 Å². The zero-order valence-electron chi connectivity index (χ0n) is 3.83. The molecule has 4 heteroatoms. The van der Waals surface area contributed by atoms with E-state index in [-0.39, 0.29) is 6.61 Å². The van der Waals surface area contributed by atoms with E-state index in [2.05, 4.69) is 11.1 Å². The van der Waals surface area contributed by atoms with Gasteiger partial charge in [0.15, 0.2) is 0 Å². The molecule has 0 fully saturated rings. The standard InChI is InChI=1S/C3H7NO2P/c1-2-3-6-7(4)5/h2H,1,3H2,(H2,4,5)/q+1. The summed E-state index contributed by atoms with van der Waals surface area (Å²) < 4.78 is 14.2. The Balaban J connectivity index is 2.97. The quantitative estimate of drug-likeness (QED) is 0.442. The highest BCUT2D eigenvalue weighted by atomic mass is 31.1. The minimum atomic E-state index is -1.93. The van der Waals surface area contributed by atoms with Crippen LogP contribution >= 0.6 is 8.18 Å². The fourth-order valence-corrected chi connectivity index (χ4v) is 0.379. The molecule has 0 aliphatic rings. The molecule has 0 heterocycles. The summed E-state index contributed by atoms with van der Waals surface area (Å²) in [6.45, 7) is 3.58. The number of hydrogen-bond acceptors (Lipinski definition) is 2. The van der Waals surface area contributed by atoms with Crippen molar-refractivity contribution in [3.05, 3.63) is 12.7 Å². The summed E-state index contributed by atoms with van der Waals surface area (Å²) in [4.78, 5) is 0. The van der Waals surface area contributed by atoms with E-state index in [0.717, 1.165) is 0 Å². The molecule has 1 unspecified atom stereocenters. The van der Waals surface area contributed by atoms with Crippen molar-refractivity contribution in [2.24, 2.45) is 5.50 Å². The number of rotatable bonds is 3. The third-order valence-corrected chi connectivity index (χ3v) is 0.723. The van der Waals surface area contributed by atoms with Crippen LogP contribution in [0, 0.1) is 0 Å². The Bertz CT molecular complexity index is 83.0. The smallest absolute Gasteiger partial charge is 0.126 e. The molecule has 3 nitrogen and oxygen atoms in total. The zero-order valence-corrected chi connectivity index (χ0v) is 4.73. The molecule has 0 saturated heterocycles. The predicted molar refractivity (Wildman–Crippen MR) is 27.9 cm³/mol. The lowest BCUT2D eigenvalue weighted by Gasteiger charge is -1.72. The predicted octanol–water partition coefficient (Wildman–Crippen LogP) is 0.805. The van der Waals surface area contributed by atoms with Crippen LogP contribution in [0.1, 0.15) is 0 Å². The fourth-order valence-electron chi connectivity index (χ4n) is 0.126. The molecule has 1 atom stereocenters. The molecule has 0 spiro atoms. The molecule has 7 heavy (non-hydrogen) atoms. The van der Waals surface area contributed by atoms with E-state index in [9.17, 15) is 4.57 Å². The number of hydrogen-bond donors (Lipinski definition) is 1. The lowest BCUT2D eigenvalue weighted by molar-refractivity contribution is 0.372. The molecule has 0 radical (unpaired) electrons. The first-order chi connectivity index (χ1) is 3.27. The van der Waals surface area contributed by atoms with Gasteiger partial charge in [-0.2, -0.15) is 0 Å². The molecule has 0 rings (SSSR count). The average molecular weight is 120 g/mol. The highest BCUT2D eigenvalue weighted by Gasteiger charge is 2.03. The Hall–Kier alpha value is -0.240. The van der Waals surface area contributed by atoms with Gasteiger partial charge in [-0.25, -0.2) is 0 Å². The SMILES string of the molecule is C=CCO[P+](N)=O. The van der Waals surface area contributed by atoms with Crippen molar-refractivity contribution in [2.45, 2.75) is 0 Å². The van der Waals surface area contributed by atoms with Crippen LogP contribution < -0.4 is 5.50 Å². The van der Waals surface area contributed by atoms with Gasteiger partial charge in [-0.1, -0.05) is 11.6 Å². The molecule has 0 aromatic rings. The van der Waals surface area contributed by atoms with Crippen molar-refractivity contribution in [3.63, 3.8) is 0 Å². The molecule has 0 aromatic carbocycles. The Morgan fingerprint density at radius 2 is 2.57 bits per heavy atom. The van der Waals surface area contributed by atoms with E-state index >= 15 is 0 Å². The summed E-state index contributed by atoms with van der Waals surface area (Å²) in [5.41, 5.74) is 4.72. The molecule has 0 aliphatic carbocycles. The lowest BCUT2D eigenvalue weighted by Crippen LogP contribution is -1.84. The highest BCUT2D eigenvalue weighted by Crippen LogP contribution is 2.07. The molecule has 0 bridgehead atoms. The van der Waals surface area contributed by atoms with Crippen molar-refractivity contribution >= 4 is 8.18 Å². The van der Waals surface area contributed by atoms with Gasteiger partial charge in [0.05, 0.1) is 0 Å². The minimum Gasteiger partial charge on any atom is -0.126 e. The van der Waals surface area contributed by atoms with Gasteiger partial charge in [0.1, 0.15) is 6.61 Å². The first kappa shape index (κ1) is 6.76. The van der Waals surface area contributed by atoms with Gasteiger partial charge in [0.25, 0.3) is 0 Å². The van der Waals surface area contributed by atoms with Gasteiger partial charge in [-0.15, -0.1) is 11.1 Å². The Labute approximate surface area is 43.1 Å². The van der Waals surface area contributed by atoms with E-state index in [1.165, 1.54) is 6.08 Å². The van der Waals surface area contributed by atoms with Crippen molar-refractivity contribution in [3.8, 4) is 0 Å². The van der Waals surface area contributed by atoms with E-state index in [1.54, 1.807) is 0 Å².